The highest BCUT2D eigenvalue weighted by Crippen LogP contribution is 2.24. The second-order valence-corrected chi connectivity index (χ2v) is 5.86. The van der Waals surface area contributed by atoms with Crippen molar-refractivity contribution in [2.24, 2.45) is 5.73 Å². The molecule has 0 radical (unpaired) electrons. The van der Waals surface area contributed by atoms with Crippen molar-refractivity contribution in [2.45, 2.75) is 4.90 Å². The Labute approximate surface area is 104 Å². The van der Waals surface area contributed by atoms with E-state index >= 15 is 0 Å². The molecule has 1 amide bonds. The number of nitrogens with two attached hydrogens (primary N) is 2. The van der Waals surface area contributed by atoms with Crippen LogP contribution in [0.2, 0.25) is 5.02 Å². The van der Waals surface area contributed by atoms with Gasteiger partial charge < -0.3 is 11.5 Å². The Kier molecular flexibility index (Phi) is 3.97. The molecular formula is C9H12ClN3O3S. The quantitative estimate of drug-likeness (QED) is 0.757. The van der Waals surface area contributed by atoms with E-state index in [0.717, 1.165) is 4.31 Å². The highest BCUT2D eigenvalue weighted by molar-refractivity contribution is 7.89. The SMILES string of the molecule is CN(CC(N)=O)S(=O)(=O)c1ccc(Cl)cc1N. The molecule has 0 saturated heterocycles. The summed E-state index contributed by atoms with van der Waals surface area (Å²) in [5.41, 5.74) is 10.5. The molecule has 0 bridgehead atoms. The van der Waals surface area contributed by atoms with Crippen LogP contribution in [0.5, 0.6) is 0 Å². The Morgan fingerprint density at radius 1 is 1.47 bits per heavy atom. The van der Waals surface area contributed by atoms with Crippen LogP contribution in [0.25, 0.3) is 0 Å². The van der Waals surface area contributed by atoms with Gasteiger partial charge in [-0.25, -0.2) is 8.42 Å². The number of nitrogens with zero attached hydrogens (tertiary/aromatic N) is 1. The molecule has 17 heavy (non-hydrogen) atoms. The van der Waals surface area contributed by atoms with Gasteiger partial charge in [-0.15, -0.1) is 0 Å². The number of sulfonamides is 1. The van der Waals surface area contributed by atoms with Gasteiger partial charge in [-0.3, -0.25) is 4.79 Å². The molecule has 0 aliphatic carbocycles. The first-order chi connectivity index (χ1) is 7.75. The smallest absolute Gasteiger partial charge is 0.245 e. The number of amides is 1. The van der Waals surface area contributed by atoms with E-state index < -0.39 is 22.5 Å². The van der Waals surface area contributed by atoms with Crippen molar-refractivity contribution in [1.29, 1.82) is 0 Å². The van der Waals surface area contributed by atoms with Crippen LogP contribution in [0, 0.1) is 0 Å². The third kappa shape index (κ3) is 3.09. The lowest BCUT2D eigenvalue weighted by Crippen LogP contribution is -2.35. The molecule has 8 heteroatoms. The summed E-state index contributed by atoms with van der Waals surface area (Å²) in [6.45, 7) is -0.412. The van der Waals surface area contributed by atoms with Crippen LogP contribution in [0.3, 0.4) is 0 Å². The summed E-state index contributed by atoms with van der Waals surface area (Å²) in [7, 11) is -2.59. The largest absolute Gasteiger partial charge is 0.398 e. The number of carbonyl (C=O) groups excluding carboxylic acids is 1. The maximum atomic E-state index is 12.0. The third-order valence-electron chi connectivity index (χ3n) is 2.04. The molecule has 0 aliphatic rings. The lowest BCUT2D eigenvalue weighted by Gasteiger charge is -2.16. The van der Waals surface area contributed by atoms with E-state index in [4.69, 9.17) is 23.1 Å². The number of halogens is 1. The van der Waals surface area contributed by atoms with Crippen LogP contribution in [0.4, 0.5) is 5.69 Å². The standard InChI is InChI=1S/C9H12ClN3O3S/c1-13(5-9(12)14)17(15,16)8-3-2-6(10)4-7(8)11/h2-4H,5,11H2,1H3,(H2,12,14). The van der Waals surface area contributed by atoms with E-state index in [2.05, 4.69) is 0 Å². The van der Waals surface area contributed by atoms with Gasteiger partial charge in [0.15, 0.2) is 0 Å². The molecule has 1 aromatic carbocycles. The van der Waals surface area contributed by atoms with Gasteiger partial charge in [-0.1, -0.05) is 11.6 Å². The summed E-state index contributed by atoms with van der Waals surface area (Å²) < 4.78 is 24.8. The average molecular weight is 278 g/mol. The molecule has 0 fully saturated rings. The maximum absolute atomic E-state index is 12.0. The van der Waals surface area contributed by atoms with Gasteiger partial charge >= 0.3 is 0 Å². The van der Waals surface area contributed by atoms with Crippen molar-refractivity contribution in [2.75, 3.05) is 19.3 Å². The Morgan fingerprint density at radius 3 is 2.53 bits per heavy atom. The molecule has 0 atom stereocenters. The zero-order chi connectivity index (χ0) is 13.2. The van der Waals surface area contributed by atoms with E-state index in [-0.39, 0.29) is 10.6 Å². The predicted molar refractivity (Wildman–Crippen MR) is 64.9 cm³/mol. The Bertz CT molecular complexity index is 544. The Balaban J connectivity index is 3.17. The van der Waals surface area contributed by atoms with Gasteiger partial charge in [0.1, 0.15) is 4.90 Å². The van der Waals surface area contributed by atoms with Crippen molar-refractivity contribution in [3.05, 3.63) is 23.2 Å². The van der Waals surface area contributed by atoms with E-state index in [9.17, 15) is 13.2 Å². The zero-order valence-electron chi connectivity index (χ0n) is 9.05. The van der Waals surface area contributed by atoms with E-state index in [1.165, 1.54) is 25.2 Å². The summed E-state index contributed by atoms with van der Waals surface area (Å²) in [4.78, 5) is 10.6. The predicted octanol–water partition coefficient (Wildman–Crippen LogP) is 0.0280. The minimum Gasteiger partial charge on any atom is -0.398 e. The van der Waals surface area contributed by atoms with Crippen molar-refractivity contribution in [3.63, 3.8) is 0 Å². The molecule has 1 aromatic rings. The van der Waals surface area contributed by atoms with Gasteiger partial charge in [0.25, 0.3) is 0 Å². The average Bonchev–Trinajstić information content (AvgIpc) is 2.15. The van der Waals surface area contributed by atoms with Crippen LogP contribution in [0.15, 0.2) is 23.1 Å². The maximum Gasteiger partial charge on any atom is 0.245 e. The van der Waals surface area contributed by atoms with Crippen LogP contribution < -0.4 is 11.5 Å². The molecule has 1 rings (SSSR count). The molecule has 0 aromatic heterocycles. The van der Waals surface area contributed by atoms with Crippen LogP contribution in [-0.2, 0) is 14.8 Å². The monoisotopic (exact) mass is 277 g/mol. The van der Waals surface area contributed by atoms with Crippen LogP contribution in [0.1, 0.15) is 0 Å². The molecule has 0 saturated carbocycles. The van der Waals surface area contributed by atoms with Crippen molar-refractivity contribution >= 4 is 33.2 Å². The summed E-state index contributed by atoms with van der Waals surface area (Å²) >= 11 is 5.67. The van der Waals surface area contributed by atoms with Crippen LogP contribution in [-0.4, -0.2) is 32.2 Å². The van der Waals surface area contributed by atoms with Gasteiger partial charge in [0, 0.05) is 12.1 Å². The van der Waals surface area contributed by atoms with E-state index in [0.29, 0.717) is 5.02 Å². The van der Waals surface area contributed by atoms with E-state index in [1.54, 1.807) is 0 Å². The van der Waals surface area contributed by atoms with Gasteiger partial charge in [-0.2, -0.15) is 4.31 Å². The Morgan fingerprint density at radius 2 is 2.06 bits per heavy atom. The molecule has 0 unspecified atom stereocenters. The fourth-order valence-electron chi connectivity index (χ4n) is 1.23. The molecule has 6 nitrogen and oxygen atoms in total. The molecule has 94 valence electrons. The summed E-state index contributed by atoms with van der Waals surface area (Å²) in [5, 5.41) is 0.332. The first-order valence-electron chi connectivity index (χ1n) is 4.55. The van der Waals surface area contributed by atoms with E-state index in [1.807, 2.05) is 0 Å². The highest BCUT2D eigenvalue weighted by Gasteiger charge is 2.24. The second kappa shape index (κ2) is 4.91. The fraction of sp³-hybridized carbons (Fsp3) is 0.222. The normalized spacial score (nSPS) is 11.7. The topological polar surface area (TPSA) is 106 Å². The third-order valence-corrected chi connectivity index (χ3v) is 4.15. The molecule has 4 N–H and O–H groups in total. The van der Waals surface area contributed by atoms with Gasteiger partial charge in [0.05, 0.1) is 12.2 Å². The number of primary amides is 1. The van der Waals surface area contributed by atoms with Crippen molar-refractivity contribution < 1.29 is 13.2 Å². The summed E-state index contributed by atoms with van der Waals surface area (Å²) in [6.07, 6.45) is 0. The number of likely N-dealkylation sites (N-methyl/N-ethyl adjacent to an activating group) is 1. The summed E-state index contributed by atoms with van der Waals surface area (Å²) in [6, 6.07) is 4.01. The number of rotatable bonds is 4. The number of anilines is 1. The van der Waals surface area contributed by atoms with Crippen molar-refractivity contribution in [1.82, 2.24) is 4.31 Å². The first-order valence-corrected chi connectivity index (χ1v) is 6.36. The minimum atomic E-state index is -3.83. The first kappa shape index (κ1) is 13.8. The molecule has 0 spiro atoms. The number of benzene rings is 1. The molecular weight excluding hydrogens is 266 g/mol. The zero-order valence-corrected chi connectivity index (χ0v) is 10.6. The van der Waals surface area contributed by atoms with Crippen LogP contribution >= 0.6 is 11.6 Å². The number of nitrogen functional groups attached to an aromatic ring is 1. The summed E-state index contributed by atoms with van der Waals surface area (Å²) in [5.74, 6) is -0.747. The van der Waals surface area contributed by atoms with Crippen molar-refractivity contribution in [3.8, 4) is 0 Å². The van der Waals surface area contributed by atoms with Gasteiger partial charge in [-0.05, 0) is 18.2 Å². The second-order valence-electron chi connectivity index (χ2n) is 3.41. The minimum absolute atomic E-state index is 0.0221. The Hall–Kier alpha value is -1.31. The number of hydrogen-bond donors (Lipinski definition) is 2. The number of hydrogen-bond acceptors (Lipinski definition) is 4. The number of carbonyl (C=O) groups is 1. The lowest BCUT2D eigenvalue weighted by molar-refractivity contribution is -0.118. The lowest BCUT2D eigenvalue weighted by atomic mass is 10.3. The highest BCUT2D eigenvalue weighted by atomic mass is 35.5. The van der Waals surface area contributed by atoms with Gasteiger partial charge in [0.2, 0.25) is 15.9 Å². The molecule has 0 heterocycles. The fourth-order valence-corrected chi connectivity index (χ4v) is 2.64. The molecule has 0 aliphatic heterocycles.